The summed E-state index contributed by atoms with van der Waals surface area (Å²) in [6.45, 7) is 10.0. The Bertz CT molecular complexity index is 173. The van der Waals surface area contributed by atoms with E-state index in [0.717, 1.165) is 0 Å². The summed E-state index contributed by atoms with van der Waals surface area (Å²) >= 11 is 0. The molecule has 2 N–H and O–H groups in total. The molecular formula is C10H16O2Zn. The quantitative estimate of drug-likeness (QED) is 0.534. The standard InChI is InChI=1S/C6H6O2.2C2H5.Zn/c7-5-2-1-3-6(8)4-5;2*1-2;/h1-4,7-8H;2*1H2,2H3;/q;2*-1;+2. The zero-order chi connectivity index (χ0) is 9.98. The largest absolute Gasteiger partial charge is 2.00 e. The number of hydrogen-bond donors (Lipinski definition) is 2. The summed E-state index contributed by atoms with van der Waals surface area (Å²) in [5, 5.41) is 17.3. The maximum Gasteiger partial charge on any atom is 2.00 e. The molecule has 0 saturated heterocycles. The average Bonchev–Trinajstić information content (AvgIpc) is 2.11. The molecule has 0 aromatic heterocycles. The second kappa shape index (κ2) is 14.0. The van der Waals surface area contributed by atoms with E-state index in [1.165, 1.54) is 18.2 Å². The smallest absolute Gasteiger partial charge is 0.508 e. The van der Waals surface area contributed by atoms with Gasteiger partial charge in [-0.3, -0.25) is 0 Å². The van der Waals surface area contributed by atoms with Crippen molar-refractivity contribution in [2.24, 2.45) is 0 Å². The topological polar surface area (TPSA) is 40.5 Å². The molecule has 0 spiro atoms. The van der Waals surface area contributed by atoms with E-state index in [4.69, 9.17) is 10.2 Å². The molecule has 0 aliphatic heterocycles. The van der Waals surface area contributed by atoms with Crippen LogP contribution in [0.15, 0.2) is 24.3 Å². The van der Waals surface area contributed by atoms with E-state index in [1.54, 1.807) is 19.9 Å². The zero-order valence-corrected chi connectivity index (χ0v) is 11.3. The first-order chi connectivity index (χ1) is 5.79. The van der Waals surface area contributed by atoms with Gasteiger partial charge in [-0.1, -0.05) is 6.07 Å². The molecule has 1 aromatic carbocycles. The molecule has 0 amide bonds. The number of rotatable bonds is 0. The third-order valence-corrected chi connectivity index (χ3v) is 0.830. The number of benzene rings is 1. The van der Waals surface area contributed by atoms with Crippen molar-refractivity contribution in [2.75, 3.05) is 0 Å². The molecule has 0 atom stereocenters. The van der Waals surface area contributed by atoms with E-state index >= 15 is 0 Å². The predicted molar refractivity (Wildman–Crippen MR) is 51.8 cm³/mol. The molecule has 70 valence electrons. The SMILES string of the molecule is Oc1cccc(O)c1.[CH2-]C.[CH2-]C.[Zn+2]. The van der Waals surface area contributed by atoms with Crippen molar-refractivity contribution in [3.05, 3.63) is 38.1 Å². The van der Waals surface area contributed by atoms with Gasteiger partial charge in [0.15, 0.2) is 0 Å². The minimum absolute atomic E-state index is 0. The summed E-state index contributed by atoms with van der Waals surface area (Å²) in [4.78, 5) is 0. The molecule has 0 aliphatic rings. The second-order valence-electron chi connectivity index (χ2n) is 1.52. The van der Waals surface area contributed by atoms with Crippen molar-refractivity contribution in [3.63, 3.8) is 0 Å². The Morgan fingerprint density at radius 3 is 1.38 bits per heavy atom. The summed E-state index contributed by atoms with van der Waals surface area (Å²) in [6.07, 6.45) is 0. The number of phenols is 2. The molecule has 3 heteroatoms. The van der Waals surface area contributed by atoms with Crippen LogP contribution in [0.1, 0.15) is 13.8 Å². The number of hydrogen-bond acceptors (Lipinski definition) is 2. The molecule has 13 heavy (non-hydrogen) atoms. The molecule has 1 aromatic rings. The van der Waals surface area contributed by atoms with E-state index in [0.29, 0.717) is 0 Å². The van der Waals surface area contributed by atoms with Gasteiger partial charge in [-0.15, -0.1) is 0 Å². The average molecular weight is 234 g/mol. The van der Waals surface area contributed by atoms with Crippen LogP contribution in [-0.2, 0) is 19.5 Å². The first-order valence-electron chi connectivity index (χ1n) is 3.68. The Kier molecular flexibility index (Phi) is 19.7. The predicted octanol–water partition coefficient (Wildman–Crippen LogP) is 2.78. The van der Waals surface area contributed by atoms with Crippen molar-refractivity contribution in [1.29, 1.82) is 0 Å². The van der Waals surface area contributed by atoms with Crippen molar-refractivity contribution >= 4 is 0 Å². The van der Waals surface area contributed by atoms with E-state index in [9.17, 15) is 0 Å². The number of phenolic OH excluding ortho intramolecular Hbond substituents is 2. The van der Waals surface area contributed by atoms with E-state index < -0.39 is 0 Å². The summed E-state index contributed by atoms with van der Waals surface area (Å²) in [6, 6.07) is 5.85. The molecule has 2 nitrogen and oxygen atoms in total. The van der Waals surface area contributed by atoms with Crippen LogP contribution in [0, 0.1) is 13.8 Å². The molecule has 0 heterocycles. The van der Waals surface area contributed by atoms with Crippen LogP contribution in [0.5, 0.6) is 11.5 Å². The van der Waals surface area contributed by atoms with Gasteiger partial charge in [0.05, 0.1) is 0 Å². The Hall–Kier alpha value is -0.557. The van der Waals surface area contributed by atoms with Gasteiger partial charge in [0, 0.05) is 6.07 Å². The fourth-order valence-corrected chi connectivity index (χ4v) is 0.493. The molecule has 0 radical (unpaired) electrons. The van der Waals surface area contributed by atoms with Gasteiger partial charge in [0.25, 0.3) is 0 Å². The third kappa shape index (κ3) is 11.4. The fraction of sp³-hybridized carbons (Fsp3) is 0.200. The van der Waals surface area contributed by atoms with Crippen LogP contribution in [0.4, 0.5) is 0 Å². The summed E-state index contributed by atoms with van der Waals surface area (Å²) in [5.74, 6) is 0.176. The fourth-order valence-electron chi connectivity index (χ4n) is 0.493. The maximum atomic E-state index is 8.65. The van der Waals surface area contributed by atoms with Crippen LogP contribution in [-0.4, -0.2) is 10.2 Å². The van der Waals surface area contributed by atoms with Crippen molar-refractivity contribution < 1.29 is 29.7 Å². The molecule has 1 rings (SSSR count). The van der Waals surface area contributed by atoms with E-state index in [1.807, 2.05) is 0 Å². The maximum absolute atomic E-state index is 8.65. The summed E-state index contributed by atoms with van der Waals surface area (Å²) in [5.41, 5.74) is 0. The van der Waals surface area contributed by atoms with Crippen molar-refractivity contribution in [2.45, 2.75) is 13.8 Å². The third-order valence-electron chi connectivity index (χ3n) is 0.830. The minimum Gasteiger partial charge on any atom is -0.508 e. The first-order valence-corrected chi connectivity index (χ1v) is 3.68. The van der Waals surface area contributed by atoms with E-state index in [-0.39, 0.29) is 31.0 Å². The second-order valence-corrected chi connectivity index (χ2v) is 1.52. The minimum atomic E-state index is 0. The van der Waals surface area contributed by atoms with Crippen LogP contribution < -0.4 is 0 Å². The Balaban J connectivity index is -0.000000178. The molecule has 0 fully saturated rings. The molecular weight excluding hydrogens is 217 g/mol. The van der Waals surface area contributed by atoms with Crippen molar-refractivity contribution in [3.8, 4) is 11.5 Å². The summed E-state index contributed by atoms with van der Waals surface area (Å²) in [7, 11) is 0. The van der Waals surface area contributed by atoms with Crippen LogP contribution in [0.25, 0.3) is 0 Å². The molecule has 0 aliphatic carbocycles. The van der Waals surface area contributed by atoms with Gasteiger partial charge in [0.2, 0.25) is 0 Å². The zero-order valence-electron chi connectivity index (χ0n) is 8.33. The molecule has 0 bridgehead atoms. The van der Waals surface area contributed by atoms with Crippen molar-refractivity contribution in [1.82, 2.24) is 0 Å². The van der Waals surface area contributed by atoms with Crippen LogP contribution >= 0.6 is 0 Å². The monoisotopic (exact) mass is 232 g/mol. The van der Waals surface area contributed by atoms with Gasteiger partial charge in [-0.2, -0.15) is 13.8 Å². The van der Waals surface area contributed by atoms with Gasteiger partial charge in [0.1, 0.15) is 11.5 Å². The van der Waals surface area contributed by atoms with Gasteiger partial charge >= 0.3 is 19.5 Å². The summed E-state index contributed by atoms with van der Waals surface area (Å²) < 4.78 is 0. The van der Waals surface area contributed by atoms with Gasteiger partial charge in [-0.25, -0.2) is 0 Å². The van der Waals surface area contributed by atoms with Crippen LogP contribution in [0.3, 0.4) is 0 Å². The van der Waals surface area contributed by atoms with Gasteiger partial charge in [-0.05, 0) is 12.1 Å². The number of aromatic hydroxyl groups is 2. The molecule has 0 unspecified atom stereocenters. The Morgan fingerprint density at radius 1 is 0.923 bits per heavy atom. The Morgan fingerprint density at radius 2 is 1.23 bits per heavy atom. The van der Waals surface area contributed by atoms with Gasteiger partial charge < -0.3 is 24.1 Å². The normalized spacial score (nSPS) is 6.46. The molecule has 0 saturated carbocycles. The Labute approximate surface area is 93.4 Å². The van der Waals surface area contributed by atoms with E-state index in [2.05, 4.69) is 13.8 Å². The first kappa shape index (κ1) is 18.3. The van der Waals surface area contributed by atoms with Crippen LogP contribution in [0.2, 0.25) is 0 Å².